The maximum absolute atomic E-state index is 11.9. The molecule has 2 aliphatic carbocycles. The molecule has 92 valence electrons. The Kier molecular flexibility index (Phi) is 2.74. The van der Waals surface area contributed by atoms with E-state index in [1.807, 2.05) is 31.2 Å². The fourth-order valence-corrected chi connectivity index (χ4v) is 2.56. The summed E-state index contributed by atoms with van der Waals surface area (Å²) < 4.78 is 0. The van der Waals surface area contributed by atoms with E-state index in [0.29, 0.717) is 17.4 Å². The number of carbonyl (C=O) groups excluding carboxylic acids is 1. The summed E-state index contributed by atoms with van der Waals surface area (Å²) in [7, 11) is 0. The van der Waals surface area contributed by atoms with Crippen LogP contribution >= 0.6 is 0 Å². The number of hydrogen-bond acceptors (Lipinski definition) is 2. The van der Waals surface area contributed by atoms with Gasteiger partial charge < -0.3 is 0 Å². The van der Waals surface area contributed by atoms with Crippen LogP contribution in [-0.4, -0.2) is 11.6 Å². The molecule has 1 N–H and O–H groups in total. The molecule has 1 fully saturated rings. The Morgan fingerprint density at radius 2 is 2.11 bits per heavy atom. The van der Waals surface area contributed by atoms with Crippen molar-refractivity contribution in [1.82, 2.24) is 5.43 Å². The van der Waals surface area contributed by atoms with Crippen LogP contribution in [0.4, 0.5) is 0 Å². The molecule has 0 heterocycles. The van der Waals surface area contributed by atoms with E-state index in [1.165, 1.54) is 0 Å². The van der Waals surface area contributed by atoms with Crippen LogP contribution in [-0.2, 0) is 0 Å². The molecule has 18 heavy (non-hydrogen) atoms. The lowest BCUT2D eigenvalue weighted by molar-refractivity contribution is 0.0954. The summed E-state index contributed by atoms with van der Waals surface area (Å²) in [6, 6.07) is 7.52. The maximum Gasteiger partial charge on any atom is 0.271 e. The van der Waals surface area contributed by atoms with Crippen LogP contribution in [0.15, 0.2) is 41.5 Å². The van der Waals surface area contributed by atoms with E-state index < -0.39 is 0 Å². The molecule has 0 aliphatic heterocycles. The molecular formula is C15H16N2O. The van der Waals surface area contributed by atoms with Gasteiger partial charge in [0, 0.05) is 17.2 Å². The van der Waals surface area contributed by atoms with Crippen molar-refractivity contribution in [2.45, 2.75) is 19.8 Å². The smallest absolute Gasteiger partial charge is 0.267 e. The van der Waals surface area contributed by atoms with Crippen molar-refractivity contribution in [2.75, 3.05) is 0 Å². The Bertz CT molecular complexity index is 528. The molecule has 0 saturated heterocycles. The van der Waals surface area contributed by atoms with E-state index in [0.717, 1.165) is 24.1 Å². The lowest BCUT2D eigenvalue weighted by Crippen LogP contribution is -2.35. The van der Waals surface area contributed by atoms with Crippen LogP contribution < -0.4 is 5.43 Å². The second kappa shape index (κ2) is 4.41. The highest BCUT2D eigenvalue weighted by atomic mass is 16.2. The standard InChI is InChI=1S/C15H16N2O/c1-10-5-7-11(8-6-10)15(18)17-16-14-9-12-3-2-4-13(12)14/h2-3,5-8,12-13H,4,9H2,1H3,(H,17,18)/b16-14-. The Morgan fingerprint density at radius 3 is 2.83 bits per heavy atom. The number of rotatable bonds is 2. The quantitative estimate of drug-likeness (QED) is 0.626. The third-order valence-corrected chi connectivity index (χ3v) is 3.78. The second-order valence-corrected chi connectivity index (χ2v) is 5.05. The molecule has 3 rings (SSSR count). The van der Waals surface area contributed by atoms with Crippen molar-refractivity contribution in [3.63, 3.8) is 0 Å². The van der Waals surface area contributed by atoms with Gasteiger partial charge in [-0.3, -0.25) is 4.79 Å². The van der Waals surface area contributed by atoms with Gasteiger partial charge in [-0.2, -0.15) is 5.10 Å². The van der Waals surface area contributed by atoms with Crippen molar-refractivity contribution < 1.29 is 4.79 Å². The zero-order chi connectivity index (χ0) is 12.5. The predicted octanol–water partition coefficient (Wildman–Crippen LogP) is 2.68. The third kappa shape index (κ3) is 1.96. The largest absolute Gasteiger partial charge is 0.271 e. The fraction of sp³-hybridized carbons (Fsp3) is 0.333. The average molecular weight is 240 g/mol. The number of benzene rings is 1. The molecule has 1 aromatic rings. The van der Waals surface area contributed by atoms with Crippen molar-refractivity contribution in [1.29, 1.82) is 0 Å². The summed E-state index contributed by atoms with van der Waals surface area (Å²) in [6.45, 7) is 2.00. The molecule has 0 bridgehead atoms. The van der Waals surface area contributed by atoms with E-state index in [9.17, 15) is 4.79 Å². The number of aryl methyl sites for hydroxylation is 1. The lowest BCUT2D eigenvalue weighted by atomic mass is 9.74. The molecule has 3 heteroatoms. The summed E-state index contributed by atoms with van der Waals surface area (Å²) in [5, 5.41) is 4.25. The van der Waals surface area contributed by atoms with E-state index in [1.54, 1.807) is 0 Å². The normalized spacial score (nSPS) is 26.8. The summed E-state index contributed by atoms with van der Waals surface area (Å²) in [6.07, 6.45) is 6.53. The molecule has 0 radical (unpaired) electrons. The number of fused-ring (bicyclic) bond motifs is 1. The molecule has 2 aliphatic rings. The second-order valence-electron chi connectivity index (χ2n) is 5.05. The van der Waals surface area contributed by atoms with Gasteiger partial charge in [0.15, 0.2) is 0 Å². The minimum Gasteiger partial charge on any atom is -0.267 e. The summed E-state index contributed by atoms with van der Waals surface area (Å²) in [4.78, 5) is 11.9. The number of allylic oxidation sites excluding steroid dienone is 2. The predicted molar refractivity (Wildman–Crippen MR) is 71.4 cm³/mol. The zero-order valence-electron chi connectivity index (χ0n) is 10.4. The molecule has 0 aromatic heterocycles. The van der Waals surface area contributed by atoms with Gasteiger partial charge >= 0.3 is 0 Å². The van der Waals surface area contributed by atoms with E-state index in [2.05, 4.69) is 22.7 Å². The maximum atomic E-state index is 11.9. The molecule has 1 saturated carbocycles. The number of hydrazone groups is 1. The van der Waals surface area contributed by atoms with Crippen LogP contribution in [0.2, 0.25) is 0 Å². The highest BCUT2D eigenvalue weighted by molar-refractivity contribution is 5.98. The van der Waals surface area contributed by atoms with Gasteiger partial charge in [0.2, 0.25) is 0 Å². The minimum absolute atomic E-state index is 0.128. The molecule has 1 amide bonds. The SMILES string of the molecule is Cc1ccc(C(=O)N/N=C2/CC3C=CCC23)cc1. The van der Waals surface area contributed by atoms with Gasteiger partial charge in [-0.1, -0.05) is 29.8 Å². The number of amides is 1. The van der Waals surface area contributed by atoms with E-state index >= 15 is 0 Å². The van der Waals surface area contributed by atoms with Crippen LogP contribution in [0.3, 0.4) is 0 Å². The molecule has 2 unspecified atom stereocenters. The summed E-state index contributed by atoms with van der Waals surface area (Å²) in [5.74, 6) is 1.08. The van der Waals surface area contributed by atoms with Crippen LogP contribution in [0.5, 0.6) is 0 Å². The molecular weight excluding hydrogens is 224 g/mol. The number of nitrogens with zero attached hydrogens (tertiary/aromatic N) is 1. The Balaban J connectivity index is 1.62. The lowest BCUT2D eigenvalue weighted by Gasteiger charge is -2.31. The average Bonchev–Trinajstić information content (AvgIpc) is 2.72. The topological polar surface area (TPSA) is 41.5 Å². The number of carbonyl (C=O) groups is 1. The van der Waals surface area contributed by atoms with Gasteiger partial charge in [0.25, 0.3) is 5.91 Å². The fourth-order valence-electron chi connectivity index (χ4n) is 2.56. The highest BCUT2D eigenvalue weighted by Gasteiger charge is 2.37. The number of nitrogens with one attached hydrogen (secondary N) is 1. The van der Waals surface area contributed by atoms with Gasteiger partial charge in [0.05, 0.1) is 0 Å². The van der Waals surface area contributed by atoms with Gasteiger partial charge in [0.1, 0.15) is 0 Å². The highest BCUT2D eigenvalue weighted by Crippen LogP contribution is 2.40. The first-order valence-corrected chi connectivity index (χ1v) is 6.34. The van der Waals surface area contributed by atoms with Crippen molar-refractivity contribution in [3.05, 3.63) is 47.5 Å². The molecule has 0 spiro atoms. The van der Waals surface area contributed by atoms with Crippen molar-refractivity contribution >= 4 is 11.6 Å². The summed E-state index contributed by atoms with van der Waals surface area (Å²) in [5.41, 5.74) is 5.59. The first kappa shape index (κ1) is 11.2. The first-order chi connectivity index (χ1) is 8.74. The van der Waals surface area contributed by atoms with Gasteiger partial charge in [-0.05, 0) is 37.8 Å². The van der Waals surface area contributed by atoms with E-state index in [4.69, 9.17) is 0 Å². The van der Waals surface area contributed by atoms with Crippen LogP contribution in [0.25, 0.3) is 0 Å². The summed E-state index contributed by atoms with van der Waals surface area (Å²) >= 11 is 0. The Labute approximate surface area is 107 Å². The van der Waals surface area contributed by atoms with Crippen LogP contribution in [0.1, 0.15) is 28.8 Å². The Hall–Kier alpha value is -1.90. The molecule has 3 nitrogen and oxygen atoms in total. The number of hydrogen-bond donors (Lipinski definition) is 1. The van der Waals surface area contributed by atoms with Gasteiger partial charge in [-0.25, -0.2) is 5.43 Å². The first-order valence-electron chi connectivity index (χ1n) is 6.34. The monoisotopic (exact) mass is 240 g/mol. The molecule has 2 atom stereocenters. The zero-order valence-corrected chi connectivity index (χ0v) is 10.4. The van der Waals surface area contributed by atoms with Crippen molar-refractivity contribution in [3.8, 4) is 0 Å². The van der Waals surface area contributed by atoms with Crippen molar-refractivity contribution in [2.24, 2.45) is 16.9 Å². The van der Waals surface area contributed by atoms with Crippen LogP contribution in [0, 0.1) is 18.8 Å². The Morgan fingerprint density at radius 1 is 1.33 bits per heavy atom. The third-order valence-electron chi connectivity index (χ3n) is 3.78. The minimum atomic E-state index is -0.128. The van der Waals surface area contributed by atoms with Gasteiger partial charge in [-0.15, -0.1) is 0 Å². The molecule has 1 aromatic carbocycles. The van der Waals surface area contributed by atoms with E-state index in [-0.39, 0.29) is 5.91 Å².